The number of fused-ring (bicyclic) bond motifs is 1. The van der Waals surface area contributed by atoms with Crippen molar-refractivity contribution in [2.24, 2.45) is 5.73 Å². The van der Waals surface area contributed by atoms with Gasteiger partial charge < -0.3 is 10.7 Å². The quantitative estimate of drug-likeness (QED) is 0.811. The van der Waals surface area contributed by atoms with Gasteiger partial charge in [-0.25, -0.2) is 0 Å². The number of carbonyl (C=O) groups is 1. The summed E-state index contributed by atoms with van der Waals surface area (Å²) in [6, 6.07) is 6.30. The smallest absolute Gasteiger partial charge is 0.217 e. The minimum atomic E-state index is -0.249. The van der Waals surface area contributed by atoms with Gasteiger partial charge in [-0.15, -0.1) is 0 Å². The van der Waals surface area contributed by atoms with Gasteiger partial charge in [-0.05, 0) is 38.0 Å². The Morgan fingerprint density at radius 2 is 2.12 bits per heavy atom. The molecule has 1 aromatic carbocycles. The Morgan fingerprint density at radius 3 is 2.81 bits per heavy atom. The van der Waals surface area contributed by atoms with E-state index in [1.165, 1.54) is 16.5 Å². The number of nitrogens with one attached hydrogen (secondary N) is 1. The minimum absolute atomic E-state index is 0.249. The third-order valence-corrected chi connectivity index (χ3v) is 2.90. The number of hydrogen-bond donors (Lipinski definition) is 2. The first-order valence-electron chi connectivity index (χ1n) is 5.44. The summed E-state index contributed by atoms with van der Waals surface area (Å²) in [5.41, 5.74) is 9.87. The molecule has 1 heterocycles. The molecule has 84 valence electrons. The van der Waals surface area contributed by atoms with Crippen LogP contribution in [0.1, 0.15) is 23.2 Å². The van der Waals surface area contributed by atoms with Crippen LogP contribution in [-0.4, -0.2) is 10.9 Å². The van der Waals surface area contributed by atoms with Crippen LogP contribution in [0.25, 0.3) is 10.9 Å². The number of carbonyl (C=O) groups excluding carboxylic acids is 1. The number of rotatable bonds is 3. The average molecular weight is 216 g/mol. The molecule has 0 aliphatic carbocycles. The second kappa shape index (κ2) is 4.00. The molecule has 0 spiro atoms. The van der Waals surface area contributed by atoms with Crippen molar-refractivity contribution in [3.63, 3.8) is 0 Å². The third kappa shape index (κ3) is 1.94. The van der Waals surface area contributed by atoms with Crippen LogP contribution in [0.5, 0.6) is 0 Å². The highest BCUT2D eigenvalue weighted by atomic mass is 16.1. The van der Waals surface area contributed by atoms with Crippen molar-refractivity contribution in [2.45, 2.75) is 26.7 Å². The van der Waals surface area contributed by atoms with E-state index in [0.717, 1.165) is 11.2 Å². The van der Waals surface area contributed by atoms with Crippen molar-refractivity contribution in [3.8, 4) is 0 Å². The highest BCUT2D eigenvalue weighted by Gasteiger charge is 2.09. The first-order valence-corrected chi connectivity index (χ1v) is 5.44. The Labute approximate surface area is 94.6 Å². The van der Waals surface area contributed by atoms with Crippen LogP contribution < -0.4 is 5.73 Å². The van der Waals surface area contributed by atoms with Gasteiger partial charge >= 0.3 is 0 Å². The minimum Gasteiger partial charge on any atom is -0.370 e. The summed E-state index contributed by atoms with van der Waals surface area (Å²) < 4.78 is 0. The van der Waals surface area contributed by atoms with Crippen molar-refractivity contribution in [3.05, 3.63) is 35.0 Å². The standard InChI is InChI=1S/C13H16N2O/c1-8-3-5-12-11(7-8)10(9(2)15-12)4-6-13(14)16/h3,5,7,15H,4,6H2,1-2H3,(H2,14,16). The highest BCUT2D eigenvalue weighted by Crippen LogP contribution is 2.24. The fourth-order valence-corrected chi connectivity index (χ4v) is 2.07. The lowest BCUT2D eigenvalue weighted by molar-refractivity contribution is -0.117. The van der Waals surface area contributed by atoms with Gasteiger partial charge in [0.1, 0.15) is 0 Å². The van der Waals surface area contributed by atoms with Crippen molar-refractivity contribution < 1.29 is 4.79 Å². The van der Waals surface area contributed by atoms with E-state index in [0.29, 0.717) is 12.8 Å². The topological polar surface area (TPSA) is 58.9 Å². The van der Waals surface area contributed by atoms with Crippen molar-refractivity contribution in [2.75, 3.05) is 0 Å². The van der Waals surface area contributed by atoms with Crippen LogP contribution in [0.15, 0.2) is 18.2 Å². The number of primary amides is 1. The second-order valence-electron chi connectivity index (χ2n) is 4.24. The van der Waals surface area contributed by atoms with Gasteiger partial charge in [0.05, 0.1) is 0 Å². The fourth-order valence-electron chi connectivity index (χ4n) is 2.07. The Hall–Kier alpha value is -1.77. The summed E-state index contributed by atoms with van der Waals surface area (Å²) in [4.78, 5) is 14.1. The number of aryl methyl sites for hydroxylation is 3. The molecule has 2 rings (SSSR count). The Bertz CT molecular complexity index is 540. The van der Waals surface area contributed by atoms with Gasteiger partial charge in [0.2, 0.25) is 5.91 Å². The van der Waals surface area contributed by atoms with Crippen molar-refractivity contribution in [1.29, 1.82) is 0 Å². The molecule has 0 radical (unpaired) electrons. The summed E-state index contributed by atoms with van der Waals surface area (Å²) >= 11 is 0. The number of aromatic nitrogens is 1. The number of nitrogens with two attached hydrogens (primary N) is 1. The van der Waals surface area contributed by atoms with E-state index in [2.05, 4.69) is 30.1 Å². The zero-order chi connectivity index (χ0) is 11.7. The van der Waals surface area contributed by atoms with Crippen LogP contribution in [0, 0.1) is 13.8 Å². The molecule has 3 nitrogen and oxygen atoms in total. The van der Waals surface area contributed by atoms with E-state index < -0.39 is 0 Å². The number of benzene rings is 1. The predicted molar refractivity (Wildman–Crippen MR) is 65.3 cm³/mol. The lowest BCUT2D eigenvalue weighted by atomic mass is 10.0. The Morgan fingerprint density at radius 1 is 1.38 bits per heavy atom. The number of H-pyrrole nitrogens is 1. The van der Waals surface area contributed by atoms with E-state index in [9.17, 15) is 4.79 Å². The van der Waals surface area contributed by atoms with Gasteiger partial charge in [0.15, 0.2) is 0 Å². The Balaban J connectivity index is 2.45. The van der Waals surface area contributed by atoms with Gasteiger partial charge in [-0.2, -0.15) is 0 Å². The maximum absolute atomic E-state index is 10.8. The maximum Gasteiger partial charge on any atom is 0.217 e. The molecule has 1 amide bonds. The third-order valence-electron chi connectivity index (χ3n) is 2.90. The molecule has 0 aliphatic heterocycles. The lowest BCUT2D eigenvalue weighted by Gasteiger charge is -2.00. The average Bonchev–Trinajstić information content (AvgIpc) is 2.51. The molecule has 3 heteroatoms. The summed E-state index contributed by atoms with van der Waals surface area (Å²) in [5, 5.41) is 1.21. The number of aromatic amines is 1. The van der Waals surface area contributed by atoms with Crippen LogP contribution in [0.4, 0.5) is 0 Å². The molecule has 2 aromatic rings. The predicted octanol–water partition coefficient (Wildman–Crippen LogP) is 2.20. The second-order valence-corrected chi connectivity index (χ2v) is 4.24. The summed E-state index contributed by atoms with van der Waals surface area (Å²) in [6.45, 7) is 4.10. The molecule has 0 aliphatic rings. The lowest BCUT2D eigenvalue weighted by Crippen LogP contribution is -2.11. The first-order chi connectivity index (χ1) is 7.58. The zero-order valence-corrected chi connectivity index (χ0v) is 9.63. The van der Waals surface area contributed by atoms with Crippen molar-refractivity contribution in [1.82, 2.24) is 4.98 Å². The summed E-state index contributed by atoms with van der Waals surface area (Å²) in [6.07, 6.45) is 1.12. The molecule has 0 bridgehead atoms. The van der Waals surface area contributed by atoms with Gasteiger partial charge in [-0.1, -0.05) is 11.6 Å². The molecular weight excluding hydrogens is 200 g/mol. The molecule has 16 heavy (non-hydrogen) atoms. The van der Waals surface area contributed by atoms with Gasteiger partial charge in [0.25, 0.3) is 0 Å². The van der Waals surface area contributed by atoms with Gasteiger partial charge in [-0.3, -0.25) is 4.79 Å². The van der Waals surface area contributed by atoms with E-state index >= 15 is 0 Å². The van der Waals surface area contributed by atoms with Gasteiger partial charge in [0, 0.05) is 23.0 Å². The number of hydrogen-bond acceptors (Lipinski definition) is 1. The summed E-state index contributed by atoms with van der Waals surface area (Å²) in [5.74, 6) is -0.249. The largest absolute Gasteiger partial charge is 0.370 e. The highest BCUT2D eigenvalue weighted by molar-refractivity contribution is 5.86. The maximum atomic E-state index is 10.8. The first kappa shape index (κ1) is 10.7. The molecule has 0 unspecified atom stereocenters. The van der Waals surface area contributed by atoms with E-state index in [4.69, 9.17) is 5.73 Å². The molecule has 0 saturated carbocycles. The van der Waals surface area contributed by atoms with Crippen LogP contribution in [-0.2, 0) is 11.2 Å². The fraction of sp³-hybridized carbons (Fsp3) is 0.308. The SMILES string of the molecule is Cc1ccc2[nH]c(C)c(CCC(N)=O)c2c1. The molecule has 3 N–H and O–H groups in total. The normalized spacial score (nSPS) is 10.9. The number of amides is 1. The molecule has 1 aromatic heterocycles. The molecular formula is C13H16N2O. The molecule has 0 atom stereocenters. The van der Waals surface area contributed by atoms with Crippen LogP contribution >= 0.6 is 0 Å². The van der Waals surface area contributed by atoms with E-state index in [1.54, 1.807) is 0 Å². The van der Waals surface area contributed by atoms with E-state index in [1.807, 2.05) is 6.92 Å². The monoisotopic (exact) mass is 216 g/mol. The van der Waals surface area contributed by atoms with Crippen molar-refractivity contribution >= 4 is 16.8 Å². The zero-order valence-electron chi connectivity index (χ0n) is 9.63. The molecule has 0 saturated heterocycles. The molecule has 0 fully saturated rings. The Kier molecular flexibility index (Phi) is 2.69. The summed E-state index contributed by atoms with van der Waals surface area (Å²) in [7, 11) is 0. The van der Waals surface area contributed by atoms with Crippen LogP contribution in [0.3, 0.4) is 0 Å². The van der Waals surface area contributed by atoms with Crippen LogP contribution in [0.2, 0.25) is 0 Å². The van der Waals surface area contributed by atoms with E-state index in [-0.39, 0.29) is 5.91 Å².